The van der Waals surface area contributed by atoms with Crippen LogP contribution in [0.25, 0.3) is 10.9 Å². The zero-order chi connectivity index (χ0) is 20.4. The molecule has 4 rings (SSSR count). The number of hydrogen-bond donors (Lipinski definition) is 1. The number of nitrogens with zero attached hydrogens (tertiary/aromatic N) is 1. The molecule has 1 N–H and O–H groups in total. The molecule has 1 aromatic heterocycles. The van der Waals surface area contributed by atoms with E-state index in [1.54, 1.807) is 18.2 Å². The van der Waals surface area contributed by atoms with Gasteiger partial charge in [-0.2, -0.15) is 0 Å². The second-order valence-corrected chi connectivity index (χ2v) is 7.51. The molecule has 1 atom stereocenters. The number of rotatable bonds is 5. The number of H-pyrrole nitrogens is 1. The van der Waals surface area contributed by atoms with Gasteiger partial charge in [-0.05, 0) is 55.0 Å². The van der Waals surface area contributed by atoms with E-state index in [2.05, 4.69) is 4.98 Å². The predicted octanol–water partition coefficient (Wildman–Crippen LogP) is 3.80. The molecule has 0 saturated carbocycles. The highest BCUT2D eigenvalue weighted by molar-refractivity contribution is 5.94. The summed E-state index contributed by atoms with van der Waals surface area (Å²) < 4.78 is 19.9. The van der Waals surface area contributed by atoms with Gasteiger partial charge < -0.3 is 14.6 Å². The molecule has 6 heteroatoms. The van der Waals surface area contributed by atoms with Gasteiger partial charge in [-0.15, -0.1) is 0 Å². The zero-order valence-electron chi connectivity index (χ0n) is 16.3. The third-order valence-electron chi connectivity index (χ3n) is 5.28. The molecule has 5 nitrogen and oxygen atoms in total. The highest BCUT2D eigenvalue weighted by Crippen LogP contribution is 2.19. The van der Waals surface area contributed by atoms with Gasteiger partial charge in [-0.25, -0.2) is 4.39 Å². The minimum atomic E-state index is -0.572. The van der Waals surface area contributed by atoms with E-state index < -0.39 is 11.7 Å². The topological polar surface area (TPSA) is 62.4 Å². The van der Waals surface area contributed by atoms with Crippen molar-refractivity contribution in [3.8, 4) is 0 Å². The smallest absolute Gasteiger partial charge is 0.257 e. The number of halogens is 1. The van der Waals surface area contributed by atoms with Crippen LogP contribution in [0.3, 0.4) is 0 Å². The quantitative estimate of drug-likeness (QED) is 0.716. The van der Waals surface area contributed by atoms with Crippen LogP contribution in [-0.4, -0.2) is 35.0 Å². The molecule has 150 valence electrons. The largest absolute Gasteiger partial charge is 0.376 e. The van der Waals surface area contributed by atoms with Gasteiger partial charge in [0.25, 0.3) is 11.5 Å². The van der Waals surface area contributed by atoms with Crippen LogP contribution >= 0.6 is 0 Å². The van der Waals surface area contributed by atoms with E-state index in [0.717, 1.165) is 29.3 Å². The fourth-order valence-electron chi connectivity index (χ4n) is 3.74. The van der Waals surface area contributed by atoms with Crippen LogP contribution in [-0.2, 0) is 11.3 Å². The standard InChI is InChI=1S/C23H23FN2O3/c1-15-8-9-16-12-17(22(27)25-21(16)11-15)13-26(14-18-5-4-10-29-18)23(28)19-6-2-3-7-20(19)24/h2-3,6-9,11-12,18H,4-5,10,13-14H2,1H3,(H,25,27)/t18-/m0/s1. The van der Waals surface area contributed by atoms with E-state index in [1.807, 2.05) is 25.1 Å². The Hall–Kier alpha value is -2.99. The van der Waals surface area contributed by atoms with E-state index in [1.165, 1.54) is 17.0 Å². The van der Waals surface area contributed by atoms with Crippen LogP contribution in [0.4, 0.5) is 4.39 Å². The van der Waals surface area contributed by atoms with E-state index in [0.29, 0.717) is 18.7 Å². The lowest BCUT2D eigenvalue weighted by atomic mass is 10.1. The van der Waals surface area contributed by atoms with Crippen LogP contribution in [0.2, 0.25) is 0 Å². The summed E-state index contributed by atoms with van der Waals surface area (Å²) in [5.41, 5.74) is 2.02. The Balaban J connectivity index is 1.68. The average Bonchev–Trinajstić information content (AvgIpc) is 3.21. The maximum Gasteiger partial charge on any atom is 0.257 e. The van der Waals surface area contributed by atoms with E-state index in [9.17, 15) is 14.0 Å². The summed E-state index contributed by atoms with van der Waals surface area (Å²) in [7, 11) is 0. The highest BCUT2D eigenvalue weighted by Gasteiger charge is 2.26. The SMILES string of the molecule is Cc1ccc2cc(CN(C[C@@H]3CCCO3)C(=O)c3ccccc3F)c(=O)[nH]c2c1. The summed E-state index contributed by atoms with van der Waals surface area (Å²) in [4.78, 5) is 30.1. The first-order valence-electron chi connectivity index (χ1n) is 9.79. The number of aryl methyl sites for hydroxylation is 1. The number of carbonyl (C=O) groups is 1. The molecule has 1 fully saturated rings. The molecule has 2 heterocycles. The van der Waals surface area contributed by atoms with Crippen molar-refractivity contribution in [3.63, 3.8) is 0 Å². The minimum Gasteiger partial charge on any atom is -0.376 e. The van der Waals surface area contributed by atoms with Gasteiger partial charge in [0.1, 0.15) is 5.82 Å². The number of carbonyl (C=O) groups excluding carboxylic acids is 1. The first kappa shape index (κ1) is 19.3. The number of ether oxygens (including phenoxy) is 1. The number of fused-ring (bicyclic) bond motifs is 1. The second kappa shape index (κ2) is 8.17. The van der Waals surface area contributed by atoms with E-state index in [-0.39, 0.29) is 23.8 Å². The van der Waals surface area contributed by atoms with Gasteiger partial charge in [0.15, 0.2) is 0 Å². The van der Waals surface area contributed by atoms with Gasteiger partial charge in [0.05, 0.1) is 18.2 Å². The van der Waals surface area contributed by atoms with Gasteiger partial charge >= 0.3 is 0 Å². The Morgan fingerprint density at radius 2 is 2.07 bits per heavy atom. The van der Waals surface area contributed by atoms with Crippen molar-refractivity contribution in [1.29, 1.82) is 0 Å². The number of hydrogen-bond acceptors (Lipinski definition) is 3. The first-order chi connectivity index (χ1) is 14.0. The molecular weight excluding hydrogens is 371 g/mol. The summed E-state index contributed by atoms with van der Waals surface area (Å²) in [5, 5.41) is 0.889. The van der Waals surface area contributed by atoms with Gasteiger partial charge in [0.2, 0.25) is 0 Å². The molecule has 0 radical (unpaired) electrons. The summed E-state index contributed by atoms with van der Waals surface area (Å²) >= 11 is 0. The van der Waals surface area contributed by atoms with Crippen molar-refractivity contribution in [3.05, 3.63) is 81.4 Å². The highest BCUT2D eigenvalue weighted by atomic mass is 19.1. The molecule has 1 aliphatic heterocycles. The summed E-state index contributed by atoms with van der Waals surface area (Å²) in [5.74, 6) is -1.01. The number of nitrogens with one attached hydrogen (secondary N) is 1. The predicted molar refractivity (Wildman–Crippen MR) is 109 cm³/mol. The maximum atomic E-state index is 14.2. The Morgan fingerprint density at radius 3 is 2.83 bits per heavy atom. The van der Waals surface area contributed by atoms with Crippen molar-refractivity contribution in [2.24, 2.45) is 0 Å². The molecule has 1 amide bonds. The lowest BCUT2D eigenvalue weighted by Gasteiger charge is -2.25. The first-order valence-corrected chi connectivity index (χ1v) is 9.79. The monoisotopic (exact) mass is 394 g/mol. The molecule has 29 heavy (non-hydrogen) atoms. The molecular formula is C23H23FN2O3. The molecule has 1 saturated heterocycles. The van der Waals surface area contributed by atoms with Gasteiger partial charge in [0, 0.05) is 24.2 Å². The lowest BCUT2D eigenvalue weighted by molar-refractivity contribution is 0.0503. The Labute approximate surface area is 168 Å². The Kier molecular flexibility index (Phi) is 5.45. The molecule has 0 unspecified atom stereocenters. The molecule has 0 bridgehead atoms. The van der Waals surface area contributed by atoms with Crippen molar-refractivity contribution < 1.29 is 13.9 Å². The normalized spacial score (nSPS) is 16.3. The van der Waals surface area contributed by atoms with Crippen LogP contribution < -0.4 is 5.56 Å². The van der Waals surface area contributed by atoms with Crippen molar-refractivity contribution >= 4 is 16.8 Å². The third-order valence-corrected chi connectivity index (χ3v) is 5.28. The van der Waals surface area contributed by atoms with Crippen molar-refractivity contribution in [1.82, 2.24) is 9.88 Å². The number of benzene rings is 2. The zero-order valence-corrected chi connectivity index (χ0v) is 16.3. The fraction of sp³-hybridized carbons (Fsp3) is 0.304. The number of amides is 1. The minimum absolute atomic E-state index is 0.00154. The van der Waals surface area contributed by atoms with Gasteiger partial charge in [-0.3, -0.25) is 9.59 Å². The molecule has 0 spiro atoms. The summed E-state index contributed by atoms with van der Waals surface area (Å²) in [6, 6.07) is 13.5. The van der Waals surface area contributed by atoms with E-state index in [4.69, 9.17) is 4.74 Å². The lowest BCUT2D eigenvalue weighted by Crippen LogP contribution is -2.38. The van der Waals surface area contributed by atoms with Gasteiger partial charge in [-0.1, -0.05) is 24.3 Å². The Morgan fingerprint density at radius 1 is 1.24 bits per heavy atom. The van der Waals surface area contributed by atoms with Crippen LogP contribution in [0.5, 0.6) is 0 Å². The van der Waals surface area contributed by atoms with Crippen molar-refractivity contribution in [2.75, 3.05) is 13.2 Å². The average molecular weight is 394 g/mol. The van der Waals surface area contributed by atoms with Crippen LogP contribution in [0.1, 0.15) is 34.3 Å². The second-order valence-electron chi connectivity index (χ2n) is 7.51. The third kappa shape index (κ3) is 4.22. The molecule has 3 aromatic rings. The van der Waals surface area contributed by atoms with E-state index >= 15 is 0 Å². The fourth-order valence-corrected chi connectivity index (χ4v) is 3.74. The summed E-state index contributed by atoms with van der Waals surface area (Å²) in [6.07, 6.45) is 1.67. The summed E-state index contributed by atoms with van der Waals surface area (Å²) in [6.45, 7) is 3.02. The Bertz CT molecular complexity index is 1100. The number of aromatic nitrogens is 1. The molecule has 2 aromatic carbocycles. The van der Waals surface area contributed by atoms with Crippen molar-refractivity contribution in [2.45, 2.75) is 32.4 Å². The van der Waals surface area contributed by atoms with Crippen LogP contribution in [0.15, 0.2) is 53.3 Å². The number of pyridine rings is 1. The van der Waals surface area contributed by atoms with Crippen LogP contribution in [0, 0.1) is 12.7 Å². The number of aromatic amines is 1. The molecule has 1 aliphatic rings. The molecule has 0 aliphatic carbocycles. The maximum absolute atomic E-state index is 14.2.